The Kier molecular flexibility index (Phi) is 4.84. The molecule has 0 atom stereocenters. The second-order valence-electron chi connectivity index (χ2n) is 5.39. The molecule has 0 spiro atoms. The van der Waals surface area contributed by atoms with Crippen LogP contribution < -0.4 is 0 Å². The van der Waals surface area contributed by atoms with Gasteiger partial charge in [0.15, 0.2) is 0 Å². The molecule has 7 heteroatoms. The monoisotopic (exact) mass is 317 g/mol. The van der Waals surface area contributed by atoms with Crippen molar-refractivity contribution in [1.82, 2.24) is 13.6 Å². The number of rotatable bonds is 5. The predicted molar refractivity (Wildman–Crippen MR) is 82.1 cm³/mol. The van der Waals surface area contributed by atoms with E-state index in [1.807, 2.05) is 25.4 Å². The molecule has 0 amide bonds. The molecule has 0 bridgehead atoms. The van der Waals surface area contributed by atoms with Gasteiger partial charge in [-0.15, -0.1) is 11.3 Å². The van der Waals surface area contributed by atoms with Crippen molar-refractivity contribution in [3.05, 3.63) is 16.6 Å². The van der Waals surface area contributed by atoms with Crippen molar-refractivity contribution in [1.29, 1.82) is 0 Å². The van der Waals surface area contributed by atoms with E-state index in [1.165, 1.54) is 4.31 Å². The molecule has 0 aliphatic carbocycles. The maximum Gasteiger partial charge on any atom is 0.281 e. The number of aromatic nitrogens is 1. The van der Waals surface area contributed by atoms with Crippen molar-refractivity contribution in [3.8, 4) is 0 Å². The molecule has 2 rings (SSSR count). The highest BCUT2D eigenvalue weighted by Crippen LogP contribution is 2.36. The Hall–Kier alpha value is -0.500. The summed E-state index contributed by atoms with van der Waals surface area (Å²) in [6.07, 6.45) is 3.49. The van der Waals surface area contributed by atoms with Gasteiger partial charge in [-0.1, -0.05) is 20.8 Å². The lowest BCUT2D eigenvalue weighted by Gasteiger charge is -2.39. The van der Waals surface area contributed by atoms with E-state index in [2.05, 4.69) is 11.9 Å². The maximum absolute atomic E-state index is 12.5. The summed E-state index contributed by atoms with van der Waals surface area (Å²) in [4.78, 5) is 4.41. The number of piperidine rings is 1. The van der Waals surface area contributed by atoms with Crippen LogP contribution >= 0.6 is 11.3 Å². The Balaban J connectivity index is 2.08. The lowest BCUT2D eigenvalue weighted by molar-refractivity contribution is 0.235. The molecule has 1 aromatic heterocycles. The minimum atomic E-state index is -3.29. The molecule has 114 valence electrons. The fourth-order valence-corrected chi connectivity index (χ4v) is 5.14. The first-order valence-corrected chi connectivity index (χ1v) is 9.37. The van der Waals surface area contributed by atoms with Gasteiger partial charge in [0.25, 0.3) is 10.2 Å². The Labute approximate surface area is 125 Å². The zero-order chi connectivity index (χ0) is 14.8. The first-order chi connectivity index (χ1) is 9.44. The zero-order valence-corrected chi connectivity index (χ0v) is 14.0. The molecule has 1 aliphatic heterocycles. The summed E-state index contributed by atoms with van der Waals surface area (Å²) in [6.45, 7) is 8.16. The third-order valence-corrected chi connectivity index (χ3v) is 7.40. The summed E-state index contributed by atoms with van der Waals surface area (Å²) < 4.78 is 28.1. The van der Waals surface area contributed by atoms with Crippen LogP contribution in [-0.2, 0) is 15.6 Å². The van der Waals surface area contributed by atoms with Crippen molar-refractivity contribution < 1.29 is 8.42 Å². The quantitative estimate of drug-likeness (QED) is 0.835. The van der Waals surface area contributed by atoms with Gasteiger partial charge < -0.3 is 0 Å². The minimum absolute atomic E-state index is 0.0173. The van der Waals surface area contributed by atoms with Crippen LogP contribution in [0.15, 0.2) is 11.6 Å². The molecule has 5 nitrogen and oxygen atoms in total. The van der Waals surface area contributed by atoms with E-state index < -0.39 is 10.2 Å². The van der Waals surface area contributed by atoms with Gasteiger partial charge in [0.05, 0.1) is 5.01 Å². The van der Waals surface area contributed by atoms with Crippen LogP contribution in [0.5, 0.6) is 0 Å². The van der Waals surface area contributed by atoms with E-state index in [-0.39, 0.29) is 5.41 Å². The third kappa shape index (κ3) is 2.90. The second-order valence-corrected chi connectivity index (χ2v) is 8.21. The molecule has 2 heterocycles. The largest absolute Gasteiger partial charge is 0.281 e. The second kappa shape index (κ2) is 6.09. The number of nitrogens with zero attached hydrogens (tertiary/aromatic N) is 3. The minimum Gasteiger partial charge on any atom is -0.249 e. The predicted octanol–water partition coefficient (Wildman–Crippen LogP) is 2.08. The average Bonchev–Trinajstić information content (AvgIpc) is 2.95. The van der Waals surface area contributed by atoms with E-state index in [1.54, 1.807) is 15.6 Å². The van der Waals surface area contributed by atoms with Crippen molar-refractivity contribution in [2.24, 2.45) is 0 Å². The van der Waals surface area contributed by atoms with E-state index in [0.29, 0.717) is 26.2 Å². The highest BCUT2D eigenvalue weighted by molar-refractivity contribution is 7.86. The number of hydrogen-bond donors (Lipinski definition) is 0. The van der Waals surface area contributed by atoms with Gasteiger partial charge in [0, 0.05) is 43.2 Å². The lowest BCUT2D eigenvalue weighted by Crippen LogP contribution is -2.49. The van der Waals surface area contributed by atoms with Gasteiger partial charge in [0.2, 0.25) is 0 Å². The average molecular weight is 317 g/mol. The first kappa shape index (κ1) is 15.9. The molecule has 1 aliphatic rings. The van der Waals surface area contributed by atoms with Crippen LogP contribution in [0.4, 0.5) is 0 Å². The van der Waals surface area contributed by atoms with Gasteiger partial charge in [0.1, 0.15) is 0 Å². The van der Waals surface area contributed by atoms with Crippen LogP contribution in [0.2, 0.25) is 0 Å². The highest BCUT2D eigenvalue weighted by Gasteiger charge is 2.38. The van der Waals surface area contributed by atoms with Crippen molar-refractivity contribution in [2.75, 3.05) is 26.2 Å². The molecule has 0 aromatic carbocycles. The molecule has 1 fully saturated rings. The summed E-state index contributed by atoms with van der Waals surface area (Å²) >= 11 is 1.66. The molecule has 0 unspecified atom stereocenters. The van der Waals surface area contributed by atoms with E-state index in [9.17, 15) is 8.42 Å². The maximum atomic E-state index is 12.5. The standard InChI is InChI=1S/C13H23N3O2S2/c1-4-15(5-2)20(17,18)16-9-6-13(3,7-10-16)12-14-8-11-19-12/h8,11H,4-7,9-10H2,1-3H3. The van der Waals surface area contributed by atoms with E-state index in [4.69, 9.17) is 0 Å². The van der Waals surface area contributed by atoms with Gasteiger partial charge in [-0.2, -0.15) is 17.0 Å². The molecule has 0 saturated carbocycles. The highest BCUT2D eigenvalue weighted by atomic mass is 32.2. The zero-order valence-electron chi connectivity index (χ0n) is 12.4. The summed E-state index contributed by atoms with van der Waals surface area (Å²) in [5, 5.41) is 3.11. The molecule has 0 N–H and O–H groups in total. The molecule has 0 radical (unpaired) electrons. The molecular weight excluding hydrogens is 294 g/mol. The number of hydrogen-bond acceptors (Lipinski definition) is 4. The van der Waals surface area contributed by atoms with E-state index >= 15 is 0 Å². The summed E-state index contributed by atoms with van der Waals surface area (Å²) in [7, 11) is -3.29. The van der Waals surface area contributed by atoms with Crippen LogP contribution in [0.25, 0.3) is 0 Å². The first-order valence-electron chi connectivity index (χ1n) is 7.09. The van der Waals surface area contributed by atoms with Crippen LogP contribution in [0.3, 0.4) is 0 Å². The third-order valence-electron chi connectivity index (χ3n) is 4.13. The Morgan fingerprint density at radius 2 is 1.95 bits per heavy atom. The van der Waals surface area contributed by atoms with Gasteiger partial charge >= 0.3 is 0 Å². The Morgan fingerprint density at radius 1 is 1.35 bits per heavy atom. The smallest absolute Gasteiger partial charge is 0.249 e. The fourth-order valence-electron chi connectivity index (χ4n) is 2.66. The SMILES string of the molecule is CCN(CC)S(=O)(=O)N1CCC(C)(c2nccs2)CC1. The Morgan fingerprint density at radius 3 is 2.40 bits per heavy atom. The van der Waals surface area contributed by atoms with Crippen molar-refractivity contribution in [2.45, 2.75) is 39.0 Å². The fraction of sp³-hybridized carbons (Fsp3) is 0.769. The van der Waals surface area contributed by atoms with Gasteiger partial charge in [-0.05, 0) is 12.8 Å². The van der Waals surface area contributed by atoms with Crippen LogP contribution in [0.1, 0.15) is 38.6 Å². The van der Waals surface area contributed by atoms with Crippen molar-refractivity contribution >= 4 is 21.5 Å². The lowest BCUT2D eigenvalue weighted by atomic mass is 9.82. The van der Waals surface area contributed by atoms with Gasteiger partial charge in [-0.25, -0.2) is 4.98 Å². The summed E-state index contributed by atoms with van der Waals surface area (Å²) in [5.74, 6) is 0. The molecule has 1 saturated heterocycles. The van der Waals surface area contributed by atoms with Gasteiger partial charge in [-0.3, -0.25) is 0 Å². The molecular formula is C13H23N3O2S2. The summed E-state index contributed by atoms with van der Waals surface area (Å²) in [5.41, 5.74) is 0.0173. The molecule has 1 aromatic rings. The van der Waals surface area contributed by atoms with Crippen LogP contribution in [-0.4, -0.2) is 48.2 Å². The van der Waals surface area contributed by atoms with Crippen molar-refractivity contribution in [3.63, 3.8) is 0 Å². The Bertz CT molecular complexity index is 516. The normalized spacial score (nSPS) is 20.4. The van der Waals surface area contributed by atoms with Crippen LogP contribution in [0, 0.1) is 0 Å². The molecule has 20 heavy (non-hydrogen) atoms. The van der Waals surface area contributed by atoms with E-state index in [0.717, 1.165) is 17.8 Å². The topological polar surface area (TPSA) is 53.5 Å². The number of thiazole rings is 1. The summed E-state index contributed by atoms with van der Waals surface area (Å²) in [6, 6.07) is 0.